The molecule has 0 saturated carbocycles. The molecule has 5 heteroatoms. The molecular weight excluding hydrogens is 324 g/mol. The van der Waals surface area contributed by atoms with E-state index >= 15 is 0 Å². The van der Waals surface area contributed by atoms with Crippen LogP contribution in [0.3, 0.4) is 0 Å². The minimum Gasteiger partial charge on any atom is -0.387 e. The molecule has 1 atom stereocenters. The van der Waals surface area contributed by atoms with Crippen LogP contribution in [0.1, 0.15) is 37.4 Å². The number of likely N-dealkylation sites (tertiary alicyclic amines) is 1. The first kappa shape index (κ1) is 17.2. The number of para-hydroxylation sites is 2. The molecule has 1 aliphatic rings. The van der Waals surface area contributed by atoms with Crippen LogP contribution in [0.2, 0.25) is 0 Å². The van der Waals surface area contributed by atoms with E-state index in [1.54, 1.807) is 6.20 Å². The second kappa shape index (κ2) is 7.56. The number of aromatic nitrogens is 3. The number of aliphatic hydroxyl groups is 1. The minimum atomic E-state index is -0.460. The van der Waals surface area contributed by atoms with Crippen LogP contribution < -0.4 is 0 Å². The van der Waals surface area contributed by atoms with Crippen LogP contribution in [-0.2, 0) is 13.1 Å². The first-order valence-corrected chi connectivity index (χ1v) is 9.51. The van der Waals surface area contributed by atoms with Crippen molar-refractivity contribution in [2.24, 2.45) is 5.92 Å². The van der Waals surface area contributed by atoms with E-state index in [1.165, 1.54) is 5.52 Å². The maximum Gasteiger partial charge on any atom is 0.124 e. The molecule has 0 aliphatic carbocycles. The lowest BCUT2D eigenvalue weighted by Gasteiger charge is -2.33. The topological polar surface area (TPSA) is 54.2 Å². The minimum absolute atomic E-state index is 0.283. The quantitative estimate of drug-likeness (QED) is 0.766. The standard InChI is InChI=1S/C21H26N4O/c1-2-25-19-9-4-3-7-17(19)23-20(25)15-24-13-10-16(11-14-24)21(26)18-8-5-6-12-22-18/h3-9,12,16,21,26H,2,10-11,13-15H2,1H3/t21-/m1/s1. The third kappa shape index (κ3) is 3.37. The molecule has 0 bridgehead atoms. The fourth-order valence-corrected chi connectivity index (χ4v) is 4.02. The summed E-state index contributed by atoms with van der Waals surface area (Å²) >= 11 is 0. The van der Waals surface area contributed by atoms with E-state index in [0.29, 0.717) is 0 Å². The summed E-state index contributed by atoms with van der Waals surface area (Å²) in [5.41, 5.74) is 3.08. The summed E-state index contributed by atoms with van der Waals surface area (Å²) in [7, 11) is 0. The predicted octanol–water partition coefficient (Wildman–Crippen LogP) is 3.40. The Hall–Kier alpha value is -2.24. The lowest BCUT2D eigenvalue weighted by atomic mass is 9.89. The summed E-state index contributed by atoms with van der Waals surface area (Å²) in [6, 6.07) is 14.1. The molecule has 3 aromatic rings. The average molecular weight is 350 g/mol. The molecule has 1 saturated heterocycles. The van der Waals surface area contributed by atoms with E-state index in [2.05, 4.69) is 39.6 Å². The number of piperidine rings is 1. The number of hydrogen-bond acceptors (Lipinski definition) is 4. The highest BCUT2D eigenvalue weighted by atomic mass is 16.3. The summed E-state index contributed by atoms with van der Waals surface area (Å²) in [6.07, 6.45) is 3.27. The van der Waals surface area contributed by atoms with Crippen molar-refractivity contribution in [3.05, 3.63) is 60.2 Å². The summed E-state index contributed by atoms with van der Waals surface area (Å²) in [5.74, 6) is 1.42. The second-order valence-electron chi connectivity index (χ2n) is 7.07. The van der Waals surface area contributed by atoms with Gasteiger partial charge in [-0.2, -0.15) is 0 Å². The van der Waals surface area contributed by atoms with Gasteiger partial charge in [0, 0.05) is 12.7 Å². The number of nitrogens with zero attached hydrogens (tertiary/aromatic N) is 4. The lowest BCUT2D eigenvalue weighted by Crippen LogP contribution is -2.36. The van der Waals surface area contributed by atoms with Crippen molar-refractivity contribution in [2.75, 3.05) is 13.1 Å². The molecular formula is C21H26N4O. The van der Waals surface area contributed by atoms with E-state index in [9.17, 15) is 5.11 Å². The van der Waals surface area contributed by atoms with E-state index < -0.39 is 6.10 Å². The van der Waals surface area contributed by atoms with Crippen LogP contribution in [0.5, 0.6) is 0 Å². The predicted molar refractivity (Wildman–Crippen MR) is 103 cm³/mol. The third-order valence-corrected chi connectivity index (χ3v) is 5.48. The molecule has 0 unspecified atom stereocenters. The third-order valence-electron chi connectivity index (χ3n) is 5.48. The van der Waals surface area contributed by atoms with Crippen LogP contribution in [-0.4, -0.2) is 37.6 Å². The van der Waals surface area contributed by atoms with Gasteiger partial charge in [0.1, 0.15) is 5.82 Å². The van der Waals surface area contributed by atoms with Gasteiger partial charge in [-0.05, 0) is 63.0 Å². The number of rotatable bonds is 5. The number of imidazole rings is 1. The van der Waals surface area contributed by atoms with Crippen molar-refractivity contribution in [2.45, 2.75) is 39.0 Å². The Balaban J connectivity index is 1.41. The second-order valence-corrected chi connectivity index (χ2v) is 7.07. The van der Waals surface area contributed by atoms with Crippen molar-refractivity contribution < 1.29 is 5.11 Å². The van der Waals surface area contributed by atoms with Crippen molar-refractivity contribution in [1.29, 1.82) is 0 Å². The highest BCUT2D eigenvalue weighted by Gasteiger charge is 2.27. The average Bonchev–Trinajstić information content (AvgIpc) is 3.05. The van der Waals surface area contributed by atoms with Gasteiger partial charge < -0.3 is 9.67 Å². The number of fused-ring (bicyclic) bond motifs is 1. The molecule has 0 radical (unpaired) electrons. The Labute approximate surface area is 154 Å². The Bertz CT molecular complexity index is 853. The molecule has 0 amide bonds. The Morgan fingerprint density at radius 1 is 1.12 bits per heavy atom. The monoisotopic (exact) mass is 350 g/mol. The zero-order valence-electron chi connectivity index (χ0n) is 15.3. The van der Waals surface area contributed by atoms with Gasteiger partial charge in [-0.1, -0.05) is 18.2 Å². The fourth-order valence-electron chi connectivity index (χ4n) is 4.02. The normalized spacial score (nSPS) is 17.6. The Morgan fingerprint density at radius 3 is 2.62 bits per heavy atom. The number of benzene rings is 1. The maximum absolute atomic E-state index is 10.6. The molecule has 1 aromatic carbocycles. The first-order valence-electron chi connectivity index (χ1n) is 9.51. The largest absolute Gasteiger partial charge is 0.387 e. The molecule has 26 heavy (non-hydrogen) atoms. The summed E-state index contributed by atoms with van der Waals surface area (Å²) in [4.78, 5) is 11.6. The van der Waals surface area contributed by atoms with Crippen LogP contribution in [0.25, 0.3) is 11.0 Å². The molecule has 1 fully saturated rings. The van der Waals surface area contributed by atoms with Crippen LogP contribution in [0.15, 0.2) is 48.7 Å². The summed E-state index contributed by atoms with van der Waals surface area (Å²) in [6.45, 7) is 5.95. The molecule has 1 N–H and O–H groups in total. The smallest absolute Gasteiger partial charge is 0.124 e. The van der Waals surface area contributed by atoms with Gasteiger partial charge in [-0.25, -0.2) is 4.98 Å². The molecule has 5 nitrogen and oxygen atoms in total. The van der Waals surface area contributed by atoms with Crippen molar-refractivity contribution >= 4 is 11.0 Å². The van der Waals surface area contributed by atoms with E-state index in [1.807, 2.05) is 24.3 Å². The number of pyridine rings is 1. The molecule has 2 aromatic heterocycles. The van der Waals surface area contributed by atoms with Gasteiger partial charge in [-0.15, -0.1) is 0 Å². The number of hydrogen-bond donors (Lipinski definition) is 1. The van der Waals surface area contributed by atoms with Crippen LogP contribution in [0, 0.1) is 5.92 Å². The van der Waals surface area contributed by atoms with Gasteiger partial charge in [0.2, 0.25) is 0 Å². The van der Waals surface area contributed by atoms with Gasteiger partial charge >= 0.3 is 0 Å². The fraction of sp³-hybridized carbons (Fsp3) is 0.429. The SMILES string of the molecule is CCn1c(CN2CCC([C@@H](O)c3ccccn3)CC2)nc2ccccc21. The molecule has 0 spiro atoms. The van der Waals surface area contributed by atoms with Crippen molar-refractivity contribution in [1.82, 2.24) is 19.4 Å². The van der Waals surface area contributed by atoms with E-state index in [4.69, 9.17) is 4.98 Å². The van der Waals surface area contributed by atoms with Gasteiger partial charge in [0.15, 0.2) is 0 Å². The maximum atomic E-state index is 10.6. The molecule has 136 valence electrons. The molecule has 1 aliphatic heterocycles. The van der Waals surface area contributed by atoms with E-state index in [0.717, 1.165) is 56.1 Å². The zero-order valence-corrected chi connectivity index (χ0v) is 15.3. The summed E-state index contributed by atoms with van der Waals surface area (Å²) in [5, 5.41) is 10.6. The highest BCUT2D eigenvalue weighted by molar-refractivity contribution is 5.75. The molecule has 3 heterocycles. The van der Waals surface area contributed by atoms with Crippen molar-refractivity contribution in [3.8, 4) is 0 Å². The van der Waals surface area contributed by atoms with Crippen LogP contribution in [0.4, 0.5) is 0 Å². The Morgan fingerprint density at radius 2 is 1.88 bits per heavy atom. The van der Waals surface area contributed by atoms with Gasteiger partial charge in [0.25, 0.3) is 0 Å². The number of aryl methyl sites for hydroxylation is 1. The Kier molecular flexibility index (Phi) is 5.00. The van der Waals surface area contributed by atoms with Crippen molar-refractivity contribution in [3.63, 3.8) is 0 Å². The van der Waals surface area contributed by atoms with Gasteiger partial charge in [0.05, 0.1) is 29.4 Å². The van der Waals surface area contributed by atoms with Crippen LogP contribution >= 0.6 is 0 Å². The number of aliphatic hydroxyl groups excluding tert-OH is 1. The van der Waals surface area contributed by atoms with Gasteiger partial charge in [-0.3, -0.25) is 9.88 Å². The summed E-state index contributed by atoms with van der Waals surface area (Å²) < 4.78 is 2.31. The van der Waals surface area contributed by atoms with E-state index in [-0.39, 0.29) is 5.92 Å². The highest BCUT2D eigenvalue weighted by Crippen LogP contribution is 2.30. The lowest BCUT2D eigenvalue weighted by molar-refractivity contribution is 0.0530. The first-order chi connectivity index (χ1) is 12.8. The zero-order chi connectivity index (χ0) is 17.9. The molecule has 4 rings (SSSR count).